The number of carbonyl (C=O) groups is 2. The second-order valence-electron chi connectivity index (χ2n) is 13.8. The quantitative estimate of drug-likeness (QED) is 0.127. The first kappa shape index (κ1) is 32.8. The first-order valence-corrected chi connectivity index (χ1v) is 18.5. The fourth-order valence-corrected chi connectivity index (χ4v) is 8.31. The van der Waals surface area contributed by atoms with Crippen molar-refractivity contribution in [2.45, 2.75) is 0 Å². The average molecular weight is 718 g/mol. The van der Waals surface area contributed by atoms with Gasteiger partial charge in [0, 0.05) is 21.9 Å². The Morgan fingerprint density at radius 2 is 0.964 bits per heavy atom. The van der Waals surface area contributed by atoms with Gasteiger partial charge in [-0.15, -0.1) is 0 Å². The van der Waals surface area contributed by atoms with Crippen molar-refractivity contribution in [1.29, 1.82) is 0 Å². The topological polar surface area (TPSA) is 46.7 Å². The van der Waals surface area contributed by atoms with Gasteiger partial charge in [-0.2, -0.15) is 0 Å². The molecule has 9 aromatic rings. The number of hydrogen-bond donors (Lipinski definition) is 0. The Hall–Kier alpha value is -7.81. The van der Waals surface area contributed by atoms with Crippen LogP contribution >= 0.6 is 0 Å². The number of nitrogens with zero attached hydrogens (tertiary/aromatic N) is 3. The summed E-state index contributed by atoms with van der Waals surface area (Å²) in [6.45, 7) is 7.90. The number of para-hydroxylation sites is 2. The van der Waals surface area contributed by atoms with E-state index in [1.165, 1.54) is 4.90 Å². The number of anilines is 1. The lowest BCUT2D eigenvalue weighted by Crippen LogP contribution is -2.30. The maximum atomic E-state index is 15.3. The van der Waals surface area contributed by atoms with Gasteiger partial charge in [-0.25, -0.2) is 9.74 Å². The number of fused-ring (bicyclic) bond motifs is 4. The molecular weight excluding hydrogens is 687 g/mol. The zero-order chi connectivity index (χ0) is 37.8. The molecule has 0 fully saturated rings. The summed E-state index contributed by atoms with van der Waals surface area (Å²) in [4.78, 5) is 35.5. The second-order valence-corrected chi connectivity index (χ2v) is 13.8. The van der Waals surface area contributed by atoms with Gasteiger partial charge in [-0.3, -0.25) is 9.59 Å². The summed E-state index contributed by atoms with van der Waals surface area (Å²) < 4.78 is 2.09. The molecule has 0 atom stereocenters. The maximum absolute atomic E-state index is 15.3. The number of amides is 2. The highest BCUT2D eigenvalue weighted by atomic mass is 16.2. The fraction of sp³-hybridized carbons (Fsp3) is 0. The second kappa shape index (κ2) is 13.2. The van der Waals surface area contributed by atoms with Gasteiger partial charge in [0.25, 0.3) is 11.8 Å². The van der Waals surface area contributed by atoms with Crippen LogP contribution in [0.25, 0.3) is 76.8 Å². The number of carbonyl (C=O) groups excluding carboxylic acids is 2. The van der Waals surface area contributed by atoms with E-state index in [0.29, 0.717) is 28.2 Å². The molecule has 0 aliphatic carbocycles. The normalized spacial score (nSPS) is 12.3. The van der Waals surface area contributed by atoms with Crippen molar-refractivity contribution >= 4 is 45.0 Å². The van der Waals surface area contributed by atoms with Crippen LogP contribution in [0.2, 0.25) is 0 Å². The lowest BCUT2D eigenvalue weighted by atomic mass is 9.90. The summed E-state index contributed by atoms with van der Waals surface area (Å²) in [6, 6.07) is 61.6. The molecule has 1 aliphatic rings. The summed E-state index contributed by atoms with van der Waals surface area (Å²) in [5, 5.41) is 1.96. The van der Waals surface area contributed by atoms with Gasteiger partial charge in [-0.05, 0) is 69.8 Å². The third-order valence-corrected chi connectivity index (χ3v) is 10.8. The van der Waals surface area contributed by atoms with Crippen molar-refractivity contribution in [1.82, 2.24) is 4.57 Å². The third kappa shape index (κ3) is 5.09. The molecule has 2 heterocycles. The molecule has 5 nitrogen and oxygen atoms in total. The highest BCUT2D eigenvalue weighted by Crippen LogP contribution is 2.47. The van der Waals surface area contributed by atoms with Crippen molar-refractivity contribution in [2.24, 2.45) is 0 Å². The molecule has 5 heteroatoms. The van der Waals surface area contributed by atoms with Crippen molar-refractivity contribution in [3.05, 3.63) is 211 Å². The minimum atomic E-state index is -0.386. The molecule has 10 rings (SSSR count). The number of hydrogen-bond acceptors (Lipinski definition) is 2. The van der Waals surface area contributed by atoms with E-state index >= 15 is 4.79 Å². The Bertz CT molecular complexity index is 3010. The smallest absolute Gasteiger partial charge is 0.268 e. The highest BCUT2D eigenvalue weighted by molar-refractivity contribution is 6.37. The maximum Gasteiger partial charge on any atom is 0.268 e. The average Bonchev–Trinajstić information content (AvgIpc) is 3.74. The molecule has 8 aromatic carbocycles. The number of aromatic nitrogens is 1. The molecule has 56 heavy (non-hydrogen) atoms. The Kier molecular flexibility index (Phi) is 7.76. The van der Waals surface area contributed by atoms with Crippen LogP contribution in [0.5, 0.6) is 0 Å². The van der Waals surface area contributed by atoms with Crippen LogP contribution in [0.3, 0.4) is 0 Å². The third-order valence-electron chi connectivity index (χ3n) is 10.8. The minimum Gasteiger partial charge on any atom is -0.308 e. The van der Waals surface area contributed by atoms with Gasteiger partial charge < -0.3 is 4.57 Å². The number of benzene rings is 8. The number of imide groups is 1. The molecular formula is C51H31N3O2. The van der Waals surface area contributed by atoms with Crippen molar-refractivity contribution < 1.29 is 9.59 Å². The molecule has 0 spiro atoms. The molecule has 262 valence electrons. The van der Waals surface area contributed by atoms with E-state index in [4.69, 9.17) is 6.57 Å². The van der Waals surface area contributed by atoms with Crippen molar-refractivity contribution in [2.75, 3.05) is 4.90 Å². The van der Waals surface area contributed by atoms with Gasteiger partial charge in [0.1, 0.15) is 0 Å². The van der Waals surface area contributed by atoms with E-state index in [1.807, 2.05) is 152 Å². The first-order chi connectivity index (χ1) is 27.6. The van der Waals surface area contributed by atoms with E-state index in [-0.39, 0.29) is 11.8 Å². The van der Waals surface area contributed by atoms with E-state index in [9.17, 15) is 4.79 Å². The largest absolute Gasteiger partial charge is 0.308 e. The van der Waals surface area contributed by atoms with Crippen molar-refractivity contribution in [3.63, 3.8) is 0 Å². The van der Waals surface area contributed by atoms with Crippen LogP contribution in [0, 0.1) is 6.57 Å². The van der Waals surface area contributed by atoms with Crippen molar-refractivity contribution in [3.8, 4) is 50.2 Å². The number of rotatable bonds is 6. The summed E-state index contributed by atoms with van der Waals surface area (Å²) in [7, 11) is 0. The molecule has 0 saturated carbocycles. The van der Waals surface area contributed by atoms with E-state index < -0.39 is 0 Å². The molecule has 0 N–H and O–H groups in total. The van der Waals surface area contributed by atoms with Crippen LogP contribution in [0.1, 0.15) is 20.7 Å². The Labute approximate surface area is 323 Å². The molecule has 1 aliphatic heterocycles. The molecule has 1 aromatic heterocycles. The lowest BCUT2D eigenvalue weighted by Gasteiger charge is -2.24. The van der Waals surface area contributed by atoms with Crippen LogP contribution in [0.4, 0.5) is 11.4 Å². The van der Waals surface area contributed by atoms with Crippen LogP contribution in [-0.4, -0.2) is 16.4 Å². The SMILES string of the molecule is [C-]#[N+]c1ccccc1-c1cccc2c1c1ccccc1n2-c1cccc2c1C(=O)N(c1c(-c3ccccc3)cc(-c3ccccc3)cc1-c1ccccc1)C2=O. The predicted octanol–water partition coefficient (Wildman–Crippen LogP) is 12.8. The van der Waals surface area contributed by atoms with E-state index in [2.05, 4.69) is 39.7 Å². The lowest BCUT2D eigenvalue weighted by molar-refractivity contribution is 0.0926. The Morgan fingerprint density at radius 3 is 1.64 bits per heavy atom. The minimum absolute atomic E-state index is 0.345. The predicted molar refractivity (Wildman–Crippen MR) is 226 cm³/mol. The summed E-state index contributed by atoms with van der Waals surface area (Å²) in [5.41, 5.74) is 11.3. The van der Waals surface area contributed by atoms with E-state index in [1.54, 1.807) is 6.07 Å². The Balaban J connectivity index is 1.23. The Morgan fingerprint density at radius 1 is 0.429 bits per heavy atom. The summed E-state index contributed by atoms with van der Waals surface area (Å²) >= 11 is 0. The molecule has 0 bridgehead atoms. The van der Waals surface area contributed by atoms with Gasteiger partial charge in [-0.1, -0.05) is 152 Å². The monoisotopic (exact) mass is 717 g/mol. The first-order valence-electron chi connectivity index (χ1n) is 18.5. The summed E-state index contributed by atoms with van der Waals surface area (Å²) in [6.07, 6.45) is 0. The van der Waals surface area contributed by atoms with Crippen LogP contribution in [-0.2, 0) is 0 Å². The van der Waals surface area contributed by atoms with Gasteiger partial charge >= 0.3 is 0 Å². The zero-order valence-corrected chi connectivity index (χ0v) is 30.1. The van der Waals surface area contributed by atoms with Gasteiger partial charge in [0.2, 0.25) is 0 Å². The van der Waals surface area contributed by atoms with Crippen LogP contribution in [0.15, 0.2) is 188 Å². The molecule has 0 unspecified atom stereocenters. The molecule has 0 saturated heterocycles. The highest BCUT2D eigenvalue weighted by Gasteiger charge is 2.42. The molecule has 0 radical (unpaired) electrons. The fourth-order valence-electron chi connectivity index (χ4n) is 8.31. The standard InChI is InChI=1S/C51H31N3O2/c1-52-43-27-13-11-23-37(43)38-25-15-29-45-47(38)39-24-12-14-28-44(39)53(45)46-30-16-26-40-48(46)51(56)54(50(40)55)49-41(34-19-7-3-8-20-34)31-36(33-17-5-2-6-18-33)32-42(49)35-21-9-4-10-22-35/h2-32H. The van der Waals surface area contributed by atoms with Gasteiger partial charge in [0.05, 0.1) is 40.1 Å². The van der Waals surface area contributed by atoms with Gasteiger partial charge in [0.15, 0.2) is 5.69 Å². The molecule has 2 amide bonds. The van der Waals surface area contributed by atoms with Crippen LogP contribution < -0.4 is 4.90 Å². The summed E-state index contributed by atoms with van der Waals surface area (Å²) in [5.74, 6) is -0.760. The van der Waals surface area contributed by atoms with E-state index in [0.717, 1.165) is 66.3 Å². The zero-order valence-electron chi connectivity index (χ0n) is 30.1.